The van der Waals surface area contributed by atoms with Crippen molar-refractivity contribution < 1.29 is 14.7 Å². The maximum atomic E-state index is 11.6. The molecule has 0 aromatic carbocycles. The highest BCUT2D eigenvalue weighted by molar-refractivity contribution is 7.07. The monoisotopic (exact) mass is 285 g/mol. The predicted molar refractivity (Wildman–Crippen MR) is 73.3 cm³/mol. The van der Waals surface area contributed by atoms with Crippen LogP contribution in [0, 0.1) is 0 Å². The fourth-order valence-electron chi connectivity index (χ4n) is 1.50. The number of aromatic nitrogens is 1. The van der Waals surface area contributed by atoms with Gasteiger partial charge in [-0.2, -0.15) is 0 Å². The summed E-state index contributed by atoms with van der Waals surface area (Å²) >= 11 is 1.52. The number of thiazole rings is 1. The van der Waals surface area contributed by atoms with Gasteiger partial charge in [-0.3, -0.25) is 4.79 Å². The second-order valence-electron chi connectivity index (χ2n) is 4.89. The van der Waals surface area contributed by atoms with Crippen molar-refractivity contribution in [2.75, 3.05) is 6.54 Å². The van der Waals surface area contributed by atoms with Gasteiger partial charge < -0.3 is 15.7 Å². The summed E-state index contributed by atoms with van der Waals surface area (Å²) in [6.07, 6.45) is 1.11. The highest BCUT2D eigenvalue weighted by Crippen LogP contribution is 2.10. The third-order valence-corrected chi connectivity index (χ3v) is 3.20. The zero-order valence-corrected chi connectivity index (χ0v) is 11.9. The lowest BCUT2D eigenvalue weighted by molar-refractivity contribution is -0.137. The average Bonchev–Trinajstić information content (AvgIpc) is 2.79. The molecule has 0 saturated heterocycles. The number of carbonyl (C=O) groups is 2. The third-order valence-electron chi connectivity index (χ3n) is 2.57. The van der Waals surface area contributed by atoms with Crippen LogP contribution in [0.1, 0.15) is 32.4 Å². The molecule has 0 aliphatic heterocycles. The lowest BCUT2D eigenvalue weighted by Gasteiger charge is -2.25. The van der Waals surface area contributed by atoms with Crippen molar-refractivity contribution in [3.05, 3.63) is 16.6 Å². The molecule has 3 N–H and O–H groups in total. The molecular formula is C12H19N3O3S. The normalized spacial score (nSPS) is 11.1. The Labute approximate surface area is 116 Å². The first kappa shape index (κ1) is 15.4. The Balaban J connectivity index is 2.24. The number of hydrogen-bond donors (Lipinski definition) is 3. The van der Waals surface area contributed by atoms with Crippen LogP contribution in [0.15, 0.2) is 10.9 Å². The van der Waals surface area contributed by atoms with E-state index in [1.807, 2.05) is 5.38 Å². The minimum Gasteiger partial charge on any atom is -0.481 e. The number of carboxylic acid groups (broad SMARTS) is 1. The van der Waals surface area contributed by atoms with E-state index in [4.69, 9.17) is 5.11 Å². The average molecular weight is 285 g/mol. The molecule has 0 unspecified atom stereocenters. The first-order chi connectivity index (χ1) is 8.89. The summed E-state index contributed by atoms with van der Waals surface area (Å²) in [7, 11) is 0. The lowest BCUT2D eigenvalue weighted by atomic mass is 9.99. The van der Waals surface area contributed by atoms with Crippen molar-refractivity contribution in [2.24, 2.45) is 0 Å². The van der Waals surface area contributed by atoms with Gasteiger partial charge in [-0.1, -0.05) is 0 Å². The second-order valence-corrected chi connectivity index (χ2v) is 5.61. The molecule has 0 aliphatic carbocycles. The minimum absolute atomic E-state index is 0.0338. The van der Waals surface area contributed by atoms with Gasteiger partial charge in [0.15, 0.2) is 0 Å². The van der Waals surface area contributed by atoms with Crippen LogP contribution in [0.4, 0.5) is 4.79 Å². The summed E-state index contributed by atoms with van der Waals surface area (Å²) in [5.74, 6) is -0.862. The first-order valence-electron chi connectivity index (χ1n) is 6.04. The Morgan fingerprint density at radius 2 is 2.21 bits per heavy atom. The van der Waals surface area contributed by atoms with Gasteiger partial charge in [-0.25, -0.2) is 9.78 Å². The summed E-state index contributed by atoms with van der Waals surface area (Å²) in [6, 6.07) is -0.286. The van der Waals surface area contributed by atoms with E-state index in [9.17, 15) is 9.59 Å². The van der Waals surface area contributed by atoms with E-state index in [-0.39, 0.29) is 12.5 Å². The Morgan fingerprint density at radius 1 is 1.47 bits per heavy atom. The van der Waals surface area contributed by atoms with Crippen LogP contribution in [0.2, 0.25) is 0 Å². The molecule has 0 radical (unpaired) electrons. The molecule has 0 aliphatic rings. The summed E-state index contributed by atoms with van der Waals surface area (Å²) in [5.41, 5.74) is 2.17. The van der Waals surface area contributed by atoms with Crippen molar-refractivity contribution in [3.63, 3.8) is 0 Å². The SMILES string of the molecule is CC(C)(CCC(=O)O)NC(=O)NCCc1cscn1. The number of nitrogens with zero attached hydrogens (tertiary/aromatic N) is 1. The molecule has 0 bridgehead atoms. The maximum Gasteiger partial charge on any atom is 0.315 e. The van der Waals surface area contributed by atoms with Crippen LogP contribution in [0.25, 0.3) is 0 Å². The van der Waals surface area contributed by atoms with Crippen molar-refractivity contribution in [2.45, 2.75) is 38.6 Å². The molecule has 0 spiro atoms. The van der Waals surface area contributed by atoms with Crippen LogP contribution >= 0.6 is 11.3 Å². The molecule has 6 nitrogen and oxygen atoms in total. The number of rotatable bonds is 7. The molecule has 1 rings (SSSR count). The van der Waals surface area contributed by atoms with Crippen molar-refractivity contribution >= 4 is 23.3 Å². The Bertz CT molecular complexity index is 418. The number of carboxylic acids is 1. The van der Waals surface area contributed by atoms with Gasteiger partial charge in [-0.15, -0.1) is 11.3 Å². The Morgan fingerprint density at radius 3 is 2.79 bits per heavy atom. The molecule has 2 amide bonds. The van der Waals surface area contributed by atoms with Gasteiger partial charge in [0.1, 0.15) is 0 Å². The first-order valence-corrected chi connectivity index (χ1v) is 6.98. The topological polar surface area (TPSA) is 91.3 Å². The molecule has 106 valence electrons. The molecule has 1 aromatic rings. The van der Waals surface area contributed by atoms with Crippen molar-refractivity contribution in [1.82, 2.24) is 15.6 Å². The van der Waals surface area contributed by atoms with E-state index >= 15 is 0 Å². The van der Waals surface area contributed by atoms with Crippen molar-refractivity contribution in [1.29, 1.82) is 0 Å². The molecule has 0 atom stereocenters. The lowest BCUT2D eigenvalue weighted by Crippen LogP contribution is -2.48. The smallest absolute Gasteiger partial charge is 0.315 e. The summed E-state index contributed by atoms with van der Waals surface area (Å²) < 4.78 is 0. The molecule has 0 fully saturated rings. The summed E-state index contributed by atoms with van der Waals surface area (Å²) in [4.78, 5) is 26.3. The van der Waals surface area contributed by atoms with Gasteiger partial charge >= 0.3 is 12.0 Å². The van der Waals surface area contributed by atoms with Gasteiger partial charge in [0, 0.05) is 30.3 Å². The van der Waals surface area contributed by atoms with Crippen molar-refractivity contribution in [3.8, 4) is 0 Å². The molecular weight excluding hydrogens is 266 g/mol. The number of aliphatic carboxylic acids is 1. The highest BCUT2D eigenvalue weighted by atomic mass is 32.1. The molecule has 1 aromatic heterocycles. The van der Waals surface area contributed by atoms with E-state index in [1.165, 1.54) is 11.3 Å². The molecule has 7 heteroatoms. The fraction of sp³-hybridized carbons (Fsp3) is 0.583. The molecule has 19 heavy (non-hydrogen) atoms. The number of hydrogen-bond acceptors (Lipinski definition) is 4. The van der Waals surface area contributed by atoms with Gasteiger partial charge in [0.05, 0.1) is 11.2 Å². The van der Waals surface area contributed by atoms with Gasteiger partial charge in [0.25, 0.3) is 0 Å². The minimum atomic E-state index is -0.862. The molecule has 1 heterocycles. The number of amides is 2. The van der Waals surface area contributed by atoms with Crippen LogP contribution in [-0.4, -0.2) is 34.2 Å². The quantitative estimate of drug-likeness (QED) is 0.710. The van der Waals surface area contributed by atoms with E-state index < -0.39 is 11.5 Å². The molecule has 0 saturated carbocycles. The van der Waals surface area contributed by atoms with E-state index in [2.05, 4.69) is 15.6 Å². The van der Waals surface area contributed by atoms with E-state index in [0.717, 1.165) is 5.69 Å². The zero-order valence-electron chi connectivity index (χ0n) is 11.1. The number of urea groups is 1. The Hall–Kier alpha value is -1.63. The van der Waals surface area contributed by atoms with Crippen LogP contribution in [0.5, 0.6) is 0 Å². The zero-order chi connectivity index (χ0) is 14.3. The largest absolute Gasteiger partial charge is 0.481 e. The summed E-state index contributed by atoms with van der Waals surface area (Å²) in [5, 5.41) is 16.1. The number of carbonyl (C=O) groups excluding carboxylic acids is 1. The van der Waals surface area contributed by atoms with Crippen LogP contribution in [0.3, 0.4) is 0 Å². The van der Waals surface area contributed by atoms with Gasteiger partial charge in [-0.05, 0) is 20.3 Å². The maximum absolute atomic E-state index is 11.6. The Kier molecular flexibility index (Phi) is 5.75. The van der Waals surface area contributed by atoms with E-state index in [0.29, 0.717) is 19.4 Å². The summed E-state index contributed by atoms with van der Waals surface area (Å²) in [6.45, 7) is 4.11. The third kappa shape index (κ3) is 6.76. The predicted octanol–water partition coefficient (Wildman–Crippen LogP) is 1.63. The highest BCUT2D eigenvalue weighted by Gasteiger charge is 2.21. The van der Waals surface area contributed by atoms with Gasteiger partial charge in [0.2, 0.25) is 0 Å². The van der Waals surface area contributed by atoms with E-state index in [1.54, 1.807) is 19.4 Å². The second kappa shape index (κ2) is 7.08. The van der Waals surface area contributed by atoms with Crippen LogP contribution < -0.4 is 10.6 Å². The fourth-order valence-corrected chi connectivity index (χ4v) is 2.09. The van der Waals surface area contributed by atoms with Crippen LogP contribution in [-0.2, 0) is 11.2 Å². The standard InChI is InChI=1S/C12H19N3O3S/c1-12(2,5-3-10(16)17)15-11(18)13-6-4-9-7-19-8-14-9/h7-8H,3-6H2,1-2H3,(H,16,17)(H2,13,15,18). The number of nitrogens with one attached hydrogen (secondary N) is 2.